The van der Waals surface area contributed by atoms with Gasteiger partial charge in [-0.15, -0.1) is 0 Å². The number of fused-ring (bicyclic) bond motifs is 1. The standard InChI is InChI=1S/C15H18F2N2O/c16-10-5-3-7-12(14(10)17)19-15(20)13-8-9-4-1-2-6-11(9)18-13/h3,5,7,9,11,13,18H,1-2,4,6,8H2,(H,19,20). The van der Waals surface area contributed by atoms with E-state index in [2.05, 4.69) is 10.6 Å². The van der Waals surface area contributed by atoms with Crippen molar-refractivity contribution in [1.29, 1.82) is 0 Å². The van der Waals surface area contributed by atoms with E-state index in [0.717, 1.165) is 25.3 Å². The maximum Gasteiger partial charge on any atom is 0.241 e. The maximum atomic E-state index is 13.5. The molecule has 2 fully saturated rings. The van der Waals surface area contributed by atoms with Gasteiger partial charge in [-0.05, 0) is 37.3 Å². The van der Waals surface area contributed by atoms with Gasteiger partial charge in [0, 0.05) is 6.04 Å². The number of hydrogen-bond donors (Lipinski definition) is 2. The first-order valence-electron chi connectivity index (χ1n) is 7.16. The Bertz CT molecular complexity index is 507. The number of hydrogen-bond acceptors (Lipinski definition) is 2. The lowest BCUT2D eigenvalue weighted by Crippen LogP contribution is -2.40. The molecule has 3 rings (SSSR count). The Kier molecular flexibility index (Phi) is 3.70. The Morgan fingerprint density at radius 1 is 1.25 bits per heavy atom. The summed E-state index contributed by atoms with van der Waals surface area (Å²) in [4.78, 5) is 12.2. The van der Waals surface area contributed by atoms with Crippen LogP contribution in [0.15, 0.2) is 18.2 Å². The predicted octanol–water partition coefficient (Wildman–Crippen LogP) is 2.82. The van der Waals surface area contributed by atoms with Crippen molar-refractivity contribution in [3.05, 3.63) is 29.8 Å². The van der Waals surface area contributed by atoms with Gasteiger partial charge in [-0.3, -0.25) is 4.79 Å². The molecule has 1 aliphatic carbocycles. The van der Waals surface area contributed by atoms with Gasteiger partial charge < -0.3 is 10.6 Å². The second-order valence-electron chi connectivity index (χ2n) is 5.70. The smallest absolute Gasteiger partial charge is 0.241 e. The van der Waals surface area contributed by atoms with Gasteiger partial charge in [0.1, 0.15) is 0 Å². The van der Waals surface area contributed by atoms with Crippen LogP contribution in [0, 0.1) is 17.6 Å². The molecule has 1 heterocycles. The molecule has 3 nitrogen and oxygen atoms in total. The number of nitrogens with one attached hydrogen (secondary N) is 2. The first kappa shape index (κ1) is 13.5. The minimum atomic E-state index is -1.00. The molecule has 0 aromatic heterocycles. The summed E-state index contributed by atoms with van der Waals surface area (Å²) >= 11 is 0. The quantitative estimate of drug-likeness (QED) is 0.874. The van der Waals surface area contributed by atoms with Crippen molar-refractivity contribution >= 4 is 11.6 Å². The van der Waals surface area contributed by atoms with E-state index in [0.29, 0.717) is 12.0 Å². The highest BCUT2D eigenvalue weighted by Gasteiger charge is 2.38. The first-order chi connectivity index (χ1) is 9.65. The zero-order valence-corrected chi connectivity index (χ0v) is 11.2. The number of carbonyl (C=O) groups excluding carboxylic acids is 1. The Hall–Kier alpha value is -1.49. The maximum absolute atomic E-state index is 13.5. The number of anilines is 1. The zero-order valence-electron chi connectivity index (χ0n) is 11.2. The van der Waals surface area contributed by atoms with Crippen LogP contribution in [0.4, 0.5) is 14.5 Å². The highest BCUT2D eigenvalue weighted by molar-refractivity contribution is 5.95. The molecule has 108 valence electrons. The number of rotatable bonds is 2. The molecule has 1 saturated heterocycles. The third-order valence-electron chi connectivity index (χ3n) is 4.39. The summed E-state index contributed by atoms with van der Waals surface area (Å²) in [6.07, 6.45) is 5.45. The number of benzene rings is 1. The molecular weight excluding hydrogens is 262 g/mol. The molecule has 0 bridgehead atoms. The Morgan fingerprint density at radius 2 is 2.05 bits per heavy atom. The molecule has 0 spiro atoms. The van der Waals surface area contributed by atoms with E-state index in [1.54, 1.807) is 0 Å². The fourth-order valence-electron chi connectivity index (χ4n) is 3.34. The lowest BCUT2D eigenvalue weighted by atomic mass is 9.85. The molecule has 1 aromatic carbocycles. The van der Waals surface area contributed by atoms with Gasteiger partial charge in [0.05, 0.1) is 11.7 Å². The number of carbonyl (C=O) groups is 1. The molecule has 3 atom stereocenters. The minimum absolute atomic E-state index is 0.0910. The molecule has 5 heteroatoms. The van der Waals surface area contributed by atoms with E-state index in [1.807, 2.05) is 0 Å². The van der Waals surface area contributed by atoms with Crippen molar-refractivity contribution in [1.82, 2.24) is 5.32 Å². The van der Waals surface area contributed by atoms with E-state index in [4.69, 9.17) is 0 Å². The lowest BCUT2D eigenvalue weighted by Gasteiger charge is -2.24. The molecule has 0 radical (unpaired) electrons. The van der Waals surface area contributed by atoms with E-state index < -0.39 is 11.6 Å². The summed E-state index contributed by atoms with van der Waals surface area (Å²) in [5.41, 5.74) is -0.0910. The van der Waals surface area contributed by atoms with Crippen LogP contribution in [0.1, 0.15) is 32.1 Å². The summed E-state index contributed by atoms with van der Waals surface area (Å²) in [6.45, 7) is 0. The van der Waals surface area contributed by atoms with E-state index in [1.165, 1.54) is 25.0 Å². The predicted molar refractivity (Wildman–Crippen MR) is 72.3 cm³/mol. The van der Waals surface area contributed by atoms with Crippen molar-refractivity contribution in [2.24, 2.45) is 5.92 Å². The molecule has 2 aliphatic rings. The van der Waals surface area contributed by atoms with Crippen molar-refractivity contribution in [3.63, 3.8) is 0 Å². The highest BCUT2D eigenvalue weighted by atomic mass is 19.2. The second kappa shape index (κ2) is 5.48. The average Bonchev–Trinajstić information content (AvgIpc) is 2.88. The molecule has 2 N–H and O–H groups in total. The van der Waals surface area contributed by atoms with Gasteiger partial charge in [0.15, 0.2) is 11.6 Å². The molecule has 3 unspecified atom stereocenters. The zero-order chi connectivity index (χ0) is 14.1. The largest absolute Gasteiger partial charge is 0.322 e. The van der Waals surface area contributed by atoms with Crippen LogP contribution in [0.25, 0.3) is 0 Å². The summed E-state index contributed by atoms with van der Waals surface area (Å²) in [5, 5.41) is 5.80. The van der Waals surface area contributed by atoms with Crippen LogP contribution in [0.5, 0.6) is 0 Å². The monoisotopic (exact) mass is 280 g/mol. The highest BCUT2D eigenvalue weighted by Crippen LogP contribution is 2.33. The van der Waals surface area contributed by atoms with E-state index in [-0.39, 0.29) is 17.6 Å². The fourth-order valence-corrected chi connectivity index (χ4v) is 3.34. The van der Waals surface area contributed by atoms with Gasteiger partial charge in [0.25, 0.3) is 0 Å². The van der Waals surface area contributed by atoms with E-state index >= 15 is 0 Å². The fraction of sp³-hybridized carbons (Fsp3) is 0.533. The average molecular weight is 280 g/mol. The Labute approximate surface area is 116 Å². The van der Waals surface area contributed by atoms with Gasteiger partial charge in [-0.2, -0.15) is 0 Å². The lowest BCUT2D eigenvalue weighted by molar-refractivity contribution is -0.117. The number of halogens is 2. The van der Waals surface area contributed by atoms with Crippen molar-refractivity contribution in [3.8, 4) is 0 Å². The van der Waals surface area contributed by atoms with E-state index in [9.17, 15) is 13.6 Å². The number of amides is 1. The van der Waals surface area contributed by atoms with Crippen molar-refractivity contribution in [2.45, 2.75) is 44.2 Å². The minimum Gasteiger partial charge on any atom is -0.322 e. The van der Waals surface area contributed by atoms with Gasteiger partial charge in [-0.25, -0.2) is 8.78 Å². The third-order valence-corrected chi connectivity index (χ3v) is 4.39. The van der Waals surface area contributed by atoms with Crippen LogP contribution < -0.4 is 10.6 Å². The molecule has 1 aromatic rings. The summed E-state index contributed by atoms with van der Waals surface area (Å²) in [5.74, 6) is -1.69. The molecular formula is C15H18F2N2O. The van der Waals surface area contributed by atoms with Gasteiger partial charge >= 0.3 is 0 Å². The third kappa shape index (κ3) is 2.54. The van der Waals surface area contributed by atoms with Crippen LogP contribution in [-0.4, -0.2) is 18.0 Å². The molecule has 20 heavy (non-hydrogen) atoms. The molecule has 1 amide bonds. The van der Waals surface area contributed by atoms with Crippen LogP contribution in [0.2, 0.25) is 0 Å². The second-order valence-corrected chi connectivity index (χ2v) is 5.70. The Balaban J connectivity index is 1.66. The van der Waals surface area contributed by atoms with Crippen molar-refractivity contribution < 1.29 is 13.6 Å². The van der Waals surface area contributed by atoms with Crippen molar-refractivity contribution in [2.75, 3.05) is 5.32 Å². The van der Waals surface area contributed by atoms with Gasteiger partial charge in [-0.1, -0.05) is 18.9 Å². The topological polar surface area (TPSA) is 41.1 Å². The Morgan fingerprint density at radius 3 is 2.85 bits per heavy atom. The summed E-state index contributed by atoms with van der Waals surface area (Å²) in [6, 6.07) is 3.89. The summed E-state index contributed by atoms with van der Waals surface area (Å²) < 4.78 is 26.6. The first-order valence-corrected chi connectivity index (χ1v) is 7.16. The normalized spacial score (nSPS) is 29.0. The SMILES string of the molecule is O=C(Nc1cccc(F)c1F)C1CC2CCCCC2N1. The van der Waals surface area contributed by atoms with Crippen LogP contribution in [0.3, 0.4) is 0 Å². The van der Waals surface area contributed by atoms with Crippen LogP contribution >= 0.6 is 0 Å². The molecule has 1 aliphatic heterocycles. The van der Waals surface area contributed by atoms with Gasteiger partial charge in [0.2, 0.25) is 5.91 Å². The molecule has 1 saturated carbocycles. The van der Waals surface area contributed by atoms with Crippen LogP contribution in [-0.2, 0) is 4.79 Å². The summed E-state index contributed by atoms with van der Waals surface area (Å²) in [7, 11) is 0.